The molecule has 0 amide bonds. The van der Waals surface area contributed by atoms with Gasteiger partial charge in [-0.3, -0.25) is 9.71 Å². The lowest BCUT2D eigenvalue weighted by atomic mass is 9.81. The SMILES string of the molecule is COc1cc(C(=O)O)c(F)cc1NS(=O)(=O)c1cncc(C2=CCCC(C3CCCCCC3)CC2)c1. The maximum atomic E-state index is 14.2. The number of carboxylic acids is 1. The lowest BCUT2D eigenvalue weighted by molar-refractivity contribution is 0.0691. The summed E-state index contributed by atoms with van der Waals surface area (Å²) in [7, 11) is -2.88. The number of halogens is 1. The van der Waals surface area contributed by atoms with Gasteiger partial charge in [-0.25, -0.2) is 17.6 Å². The van der Waals surface area contributed by atoms with E-state index in [9.17, 15) is 17.6 Å². The lowest BCUT2D eigenvalue weighted by Crippen LogP contribution is -2.15. The van der Waals surface area contributed by atoms with Crippen LogP contribution in [0.4, 0.5) is 10.1 Å². The minimum absolute atomic E-state index is 0.0600. The number of benzene rings is 1. The molecule has 1 aromatic carbocycles. The Kier molecular flexibility index (Phi) is 8.28. The molecule has 194 valence electrons. The van der Waals surface area contributed by atoms with Crippen molar-refractivity contribution in [3.8, 4) is 5.75 Å². The average Bonchev–Trinajstić information content (AvgIpc) is 3.27. The van der Waals surface area contributed by atoms with E-state index < -0.39 is 27.4 Å². The molecule has 1 fully saturated rings. The standard InChI is InChI=1S/C27H33FN2O5S/c1-35-26-14-23(27(31)32)24(28)15-25(26)30-36(33,34)22-13-21(16-29-17-22)20-10-6-9-19(11-12-20)18-7-4-2-3-5-8-18/h10,13-19,30H,2-9,11-12H2,1H3,(H,31,32). The quantitative estimate of drug-likeness (QED) is 0.420. The molecule has 0 aliphatic heterocycles. The molecule has 2 N–H and O–H groups in total. The van der Waals surface area contributed by atoms with Gasteiger partial charge >= 0.3 is 5.97 Å². The summed E-state index contributed by atoms with van der Waals surface area (Å²) in [6.45, 7) is 0. The van der Waals surface area contributed by atoms with Crippen LogP contribution in [0, 0.1) is 17.7 Å². The van der Waals surface area contributed by atoms with Crippen LogP contribution < -0.4 is 9.46 Å². The van der Waals surface area contributed by atoms with E-state index >= 15 is 0 Å². The zero-order chi connectivity index (χ0) is 25.7. The predicted octanol–water partition coefficient (Wildman–Crippen LogP) is 6.27. The molecule has 0 radical (unpaired) electrons. The van der Waals surface area contributed by atoms with E-state index in [1.54, 1.807) is 12.3 Å². The summed E-state index contributed by atoms with van der Waals surface area (Å²) in [5.41, 5.74) is 1.06. The minimum atomic E-state index is -4.13. The van der Waals surface area contributed by atoms with Crippen molar-refractivity contribution >= 4 is 27.3 Å². The molecule has 1 aromatic heterocycles. The Hall–Kier alpha value is -2.94. The van der Waals surface area contributed by atoms with Gasteiger partial charge in [0.1, 0.15) is 16.5 Å². The number of aromatic nitrogens is 1. The Morgan fingerprint density at radius 2 is 1.78 bits per heavy atom. The molecule has 1 atom stereocenters. The summed E-state index contributed by atoms with van der Waals surface area (Å²) in [4.78, 5) is 15.3. The largest absolute Gasteiger partial charge is 0.495 e. The van der Waals surface area contributed by atoms with Gasteiger partial charge < -0.3 is 9.84 Å². The normalized spacial score (nSPS) is 19.6. The first-order chi connectivity index (χ1) is 17.3. The number of pyridine rings is 1. The maximum absolute atomic E-state index is 14.2. The molecule has 4 rings (SSSR count). The third-order valence-corrected chi connectivity index (χ3v) is 8.77. The fourth-order valence-electron chi connectivity index (χ4n) is 5.49. The van der Waals surface area contributed by atoms with E-state index in [2.05, 4.69) is 15.8 Å². The highest BCUT2D eigenvalue weighted by molar-refractivity contribution is 7.92. The van der Waals surface area contributed by atoms with Gasteiger partial charge in [0.15, 0.2) is 0 Å². The summed E-state index contributed by atoms with van der Waals surface area (Å²) < 4.78 is 47.9. The predicted molar refractivity (Wildman–Crippen MR) is 136 cm³/mol. The number of carbonyl (C=O) groups is 1. The number of methoxy groups -OCH3 is 1. The van der Waals surface area contributed by atoms with Crippen LogP contribution in [0.15, 0.2) is 41.6 Å². The van der Waals surface area contributed by atoms with Gasteiger partial charge in [0.25, 0.3) is 10.0 Å². The van der Waals surface area contributed by atoms with Crippen LogP contribution in [0.3, 0.4) is 0 Å². The lowest BCUT2D eigenvalue weighted by Gasteiger charge is -2.25. The molecular formula is C27H33FN2O5S. The molecular weight excluding hydrogens is 483 g/mol. The van der Waals surface area contributed by atoms with Crippen LogP contribution in [0.2, 0.25) is 0 Å². The number of nitrogens with one attached hydrogen (secondary N) is 1. The van der Waals surface area contributed by atoms with E-state index in [1.807, 2.05) is 0 Å². The third kappa shape index (κ3) is 6.06. The number of hydrogen-bond acceptors (Lipinski definition) is 5. The number of allylic oxidation sites excluding steroid dienone is 2. The Bertz CT molecular complexity index is 1240. The second-order valence-corrected chi connectivity index (χ2v) is 11.4. The smallest absolute Gasteiger partial charge is 0.338 e. The van der Waals surface area contributed by atoms with Crippen molar-refractivity contribution in [2.45, 2.75) is 69.1 Å². The van der Waals surface area contributed by atoms with E-state index in [-0.39, 0.29) is 16.3 Å². The zero-order valence-corrected chi connectivity index (χ0v) is 21.3. The molecule has 1 heterocycles. The molecule has 2 aromatic rings. The van der Waals surface area contributed by atoms with Crippen molar-refractivity contribution in [1.82, 2.24) is 4.98 Å². The van der Waals surface area contributed by atoms with Crippen LogP contribution in [-0.2, 0) is 10.0 Å². The first-order valence-electron chi connectivity index (χ1n) is 12.6. The van der Waals surface area contributed by atoms with Gasteiger partial charge in [0.05, 0.1) is 18.4 Å². The van der Waals surface area contributed by atoms with Crippen LogP contribution in [0.5, 0.6) is 5.75 Å². The van der Waals surface area contributed by atoms with E-state index in [0.29, 0.717) is 5.92 Å². The van der Waals surface area contributed by atoms with Crippen molar-refractivity contribution in [3.63, 3.8) is 0 Å². The van der Waals surface area contributed by atoms with Crippen molar-refractivity contribution < 1.29 is 27.4 Å². The second-order valence-electron chi connectivity index (χ2n) is 9.71. The summed E-state index contributed by atoms with van der Waals surface area (Å²) >= 11 is 0. The first-order valence-corrected chi connectivity index (χ1v) is 14.0. The maximum Gasteiger partial charge on any atom is 0.338 e. The average molecular weight is 517 g/mol. The third-order valence-electron chi connectivity index (χ3n) is 7.44. The van der Waals surface area contributed by atoms with E-state index in [0.717, 1.165) is 48.4 Å². The molecule has 9 heteroatoms. The van der Waals surface area contributed by atoms with Crippen molar-refractivity contribution in [2.75, 3.05) is 11.8 Å². The summed E-state index contributed by atoms with van der Waals surface area (Å²) in [5.74, 6) is -1.15. The van der Waals surface area contributed by atoms with Crippen LogP contribution in [0.1, 0.15) is 80.1 Å². The molecule has 2 aliphatic carbocycles. The Morgan fingerprint density at radius 3 is 2.47 bits per heavy atom. The Balaban J connectivity index is 1.52. The number of anilines is 1. The summed E-state index contributed by atoms with van der Waals surface area (Å²) in [6, 6.07) is 3.34. The zero-order valence-electron chi connectivity index (χ0n) is 20.5. The molecule has 0 spiro atoms. The van der Waals surface area contributed by atoms with Gasteiger partial charge in [0.2, 0.25) is 0 Å². The minimum Gasteiger partial charge on any atom is -0.495 e. The van der Waals surface area contributed by atoms with Crippen LogP contribution >= 0.6 is 0 Å². The van der Waals surface area contributed by atoms with E-state index in [4.69, 9.17) is 9.84 Å². The molecule has 0 saturated heterocycles. The van der Waals surface area contributed by atoms with Crippen molar-refractivity contribution in [2.24, 2.45) is 11.8 Å². The van der Waals surface area contributed by atoms with Crippen LogP contribution in [-0.4, -0.2) is 31.6 Å². The molecule has 1 saturated carbocycles. The number of ether oxygens (including phenoxy) is 1. The Labute approximate surface area is 211 Å². The number of sulfonamides is 1. The van der Waals surface area contributed by atoms with Gasteiger partial charge in [-0.1, -0.05) is 44.6 Å². The van der Waals surface area contributed by atoms with E-state index in [1.165, 1.54) is 58.3 Å². The van der Waals surface area contributed by atoms with Gasteiger partial charge in [-0.2, -0.15) is 0 Å². The van der Waals surface area contributed by atoms with Gasteiger partial charge in [-0.15, -0.1) is 0 Å². The monoisotopic (exact) mass is 516 g/mol. The van der Waals surface area contributed by atoms with Crippen molar-refractivity contribution in [3.05, 3.63) is 53.6 Å². The first kappa shape index (κ1) is 26.1. The van der Waals surface area contributed by atoms with Gasteiger partial charge in [0, 0.05) is 18.5 Å². The molecule has 7 nitrogen and oxygen atoms in total. The number of carboxylic acid groups (broad SMARTS) is 1. The number of rotatable bonds is 7. The molecule has 36 heavy (non-hydrogen) atoms. The highest BCUT2D eigenvalue weighted by Crippen LogP contribution is 2.38. The highest BCUT2D eigenvalue weighted by Gasteiger charge is 2.25. The summed E-state index contributed by atoms with van der Waals surface area (Å²) in [5, 5.41) is 9.12. The molecule has 2 aliphatic rings. The second kappa shape index (κ2) is 11.4. The number of nitrogens with zero attached hydrogens (tertiary/aromatic N) is 1. The molecule has 1 unspecified atom stereocenters. The highest BCUT2D eigenvalue weighted by atomic mass is 32.2. The van der Waals surface area contributed by atoms with Crippen molar-refractivity contribution in [1.29, 1.82) is 0 Å². The van der Waals surface area contributed by atoms with Crippen LogP contribution in [0.25, 0.3) is 5.57 Å². The summed E-state index contributed by atoms with van der Waals surface area (Å²) in [6.07, 6.45) is 17.2. The topological polar surface area (TPSA) is 106 Å². The number of hydrogen-bond donors (Lipinski definition) is 2. The number of aromatic carboxylic acids is 1. The fourth-order valence-corrected chi connectivity index (χ4v) is 6.53. The fraction of sp³-hybridized carbons (Fsp3) is 0.481. The van der Waals surface area contributed by atoms with Gasteiger partial charge in [-0.05, 0) is 60.8 Å². The Morgan fingerprint density at radius 1 is 1.06 bits per heavy atom. The molecule has 0 bridgehead atoms.